The van der Waals surface area contributed by atoms with E-state index in [9.17, 15) is 0 Å². The third kappa shape index (κ3) is 3.75. The van der Waals surface area contributed by atoms with Gasteiger partial charge in [0, 0.05) is 23.6 Å². The van der Waals surface area contributed by atoms with E-state index in [-0.39, 0.29) is 0 Å². The third-order valence-corrected chi connectivity index (χ3v) is 4.49. The summed E-state index contributed by atoms with van der Waals surface area (Å²) in [5.41, 5.74) is 2.90. The Labute approximate surface area is 109 Å². The second-order valence-corrected chi connectivity index (χ2v) is 6.92. The Hall–Kier alpha value is -0.470. The first kappa shape index (κ1) is 13.0. The lowest BCUT2D eigenvalue weighted by molar-refractivity contribution is 0.563. The molecule has 1 N–H and O–H groups in total. The van der Waals surface area contributed by atoms with Gasteiger partial charge in [-0.3, -0.25) is 0 Å². The molecule has 0 amide bonds. The number of rotatable bonds is 3. The van der Waals surface area contributed by atoms with Crippen molar-refractivity contribution in [3.05, 3.63) is 35.4 Å². The van der Waals surface area contributed by atoms with Crippen molar-refractivity contribution in [2.24, 2.45) is 5.92 Å². The molecule has 1 aliphatic rings. The SMILES string of the molecule is CC(C)Cc1ccc(C2CSC(C)CN2)cc1. The molecule has 1 aromatic carbocycles. The van der Waals surface area contributed by atoms with Crippen molar-refractivity contribution in [3.8, 4) is 0 Å². The smallest absolute Gasteiger partial charge is 0.0412 e. The van der Waals surface area contributed by atoms with E-state index in [1.54, 1.807) is 0 Å². The summed E-state index contributed by atoms with van der Waals surface area (Å²) in [4.78, 5) is 0. The van der Waals surface area contributed by atoms with Crippen molar-refractivity contribution in [1.29, 1.82) is 0 Å². The minimum absolute atomic E-state index is 0.546. The van der Waals surface area contributed by atoms with Crippen LogP contribution in [0.5, 0.6) is 0 Å². The Bertz CT molecular complexity index is 336. The Morgan fingerprint density at radius 1 is 1.29 bits per heavy atom. The van der Waals surface area contributed by atoms with Crippen molar-refractivity contribution in [2.75, 3.05) is 12.3 Å². The molecule has 2 unspecified atom stereocenters. The molecule has 1 aromatic rings. The molecular formula is C15H23NS. The van der Waals surface area contributed by atoms with Gasteiger partial charge in [0.2, 0.25) is 0 Å². The van der Waals surface area contributed by atoms with Crippen LogP contribution in [0, 0.1) is 5.92 Å². The highest BCUT2D eigenvalue weighted by Crippen LogP contribution is 2.26. The molecule has 17 heavy (non-hydrogen) atoms. The van der Waals surface area contributed by atoms with Crippen LogP contribution in [0.2, 0.25) is 0 Å². The van der Waals surface area contributed by atoms with Gasteiger partial charge in [-0.15, -0.1) is 0 Å². The van der Waals surface area contributed by atoms with Crippen molar-refractivity contribution < 1.29 is 0 Å². The predicted molar refractivity (Wildman–Crippen MR) is 77.6 cm³/mol. The molecule has 2 heteroatoms. The zero-order valence-corrected chi connectivity index (χ0v) is 11.9. The molecule has 2 atom stereocenters. The Balaban J connectivity index is 1.97. The summed E-state index contributed by atoms with van der Waals surface area (Å²) in [5.74, 6) is 1.94. The Morgan fingerprint density at radius 3 is 2.53 bits per heavy atom. The van der Waals surface area contributed by atoms with Crippen LogP contribution < -0.4 is 5.32 Å². The lowest BCUT2D eigenvalue weighted by Gasteiger charge is -2.27. The lowest BCUT2D eigenvalue weighted by atomic mass is 10.00. The number of thioether (sulfide) groups is 1. The van der Waals surface area contributed by atoms with E-state index in [0.717, 1.165) is 17.7 Å². The van der Waals surface area contributed by atoms with Crippen LogP contribution in [0.25, 0.3) is 0 Å². The second-order valence-electron chi connectivity index (χ2n) is 5.44. The highest BCUT2D eigenvalue weighted by molar-refractivity contribution is 8.00. The molecule has 0 aliphatic carbocycles. The van der Waals surface area contributed by atoms with Crippen molar-refractivity contribution in [1.82, 2.24) is 5.32 Å². The van der Waals surface area contributed by atoms with Crippen LogP contribution in [-0.2, 0) is 6.42 Å². The molecule has 0 spiro atoms. The predicted octanol–water partition coefficient (Wildman–Crippen LogP) is 3.65. The van der Waals surface area contributed by atoms with E-state index in [4.69, 9.17) is 0 Å². The van der Waals surface area contributed by atoms with E-state index < -0.39 is 0 Å². The molecule has 0 bridgehead atoms. The summed E-state index contributed by atoms with van der Waals surface area (Å²) in [5, 5.41) is 4.38. The molecule has 0 aromatic heterocycles. The first-order valence-electron chi connectivity index (χ1n) is 6.59. The number of benzene rings is 1. The monoisotopic (exact) mass is 249 g/mol. The van der Waals surface area contributed by atoms with Crippen molar-refractivity contribution >= 4 is 11.8 Å². The third-order valence-electron chi connectivity index (χ3n) is 3.23. The van der Waals surface area contributed by atoms with E-state index in [0.29, 0.717) is 6.04 Å². The van der Waals surface area contributed by atoms with Crippen LogP contribution in [0.1, 0.15) is 37.9 Å². The van der Waals surface area contributed by atoms with E-state index >= 15 is 0 Å². The quantitative estimate of drug-likeness (QED) is 0.877. The summed E-state index contributed by atoms with van der Waals surface area (Å²) in [7, 11) is 0. The van der Waals surface area contributed by atoms with Gasteiger partial charge in [0.15, 0.2) is 0 Å². The fraction of sp³-hybridized carbons (Fsp3) is 0.600. The van der Waals surface area contributed by atoms with Crippen LogP contribution >= 0.6 is 11.8 Å². The molecule has 1 aliphatic heterocycles. The lowest BCUT2D eigenvalue weighted by Crippen LogP contribution is -2.34. The summed E-state index contributed by atoms with van der Waals surface area (Å²) in [6.07, 6.45) is 1.18. The summed E-state index contributed by atoms with van der Waals surface area (Å²) >= 11 is 2.07. The van der Waals surface area contributed by atoms with E-state index in [1.165, 1.54) is 23.3 Å². The maximum atomic E-state index is 3.62. The average Bonchev–Trinajstić information content (AvgIpc) is 2.30. The van der Waals surface area contributed by atoms with Gasteiger partial charge in [-0.2, -0.15) is 11.8 Å². The maximum absolute atomic E-state index is 3.62. The van der Waals surface area contributed by atoms with Gasteiger partial charge < -0.3 is 5.32 Å². The van der Waals surface area contributed by atoms with Gasteiger partial charge in [0.1, 0.15) is 0 Å². The zero-order chi connectivity index (χ0) is 12.3. The van der Waals surface area contributed by atoms with E-state index in [2.05, 4.69) is 62.1 Å². The molecule has 1 heterocycles. The topological polar surface area (TPSA) is 12.0 Å². The average molecular weight is 249 g/mol. The fourth-order valence-electron chi connectivity index (χ4n) is 2.26. The van der Waals surface area contributed by atoms with Crippen LogP contribution in [0.4, 0.5) is 0 Å². The summed E-state index contributed by atoms with van der Waals surface area (Å²) < 4.78 is 0. The van der Waals surface area contributed by atoms with Crippen molar-refractivity contribution in [3.63, 3.8) is 0 Å². The number of hydrogen-bond acceptors (Lipinski definition) is 2. The van der Waals surface area contributed by atoms with Gasteiger partial charge in [-0.05, 0) is 23.5 Å². The molecule has 1 saturated heterocycles. The minimum Gasteiger partial charge on any atom is -0.308 e. The summed E-state index contributed by atoms with van der Waals surface area (Å²) in [6.45, 7) is 7.96. The first-order chi connectivity index (χ1) is 8.15. The second kappa shape index (κ2) is 5.92. The van der Waals surface area contributed by atoms with Crippen molar-refractivity contribution in [2.45, 2.75) is 38.5 Å². The van der Waals surface area contributed by atoms with E-state index in [1.807, 2.05) is 0 Å². The molecular weight excluding hydrogens is 226 g/mol. The molecule has 2 rings (SSSR count). The van der Waals surface area contributed by atoms with Crippen LogP contribution in [-0.4, -0.2) is 17.5 Å². The molecule has 0 radical (unpaired) electrons. The van der Waals surface area contributed by atoms with Crippen LogP contribution in [0.15, 0.2) is 24.3 Å². The maximum Gasteiger partial charge on any atom is 0.0412 e. The van der Waals surface area contributed by atoms with Crippen LogP contribution in [0.3, 0.4) is 0 Å². The fourth-order valence-corrected chi connectivity index (χ4v) is 3.30. The summed E-state index contributed by atoms with van der Waals surface area (Å²) in [6, 6.07) is 9.72. The highest BCUT2D eigenvalue weighted by Gasteiger charge is 2.18. The van der Waals surface area contributed by atoms with Gasteiger partial charge in [0.25, 0.3) is 0 Å². The normalized spacial score (nSPS) is 25.2. The van der Waals surface area contributed by atoms with Gasteiger partial charge in [-0.25, -0.2) is 0 Å². The molecule has 1 fully saturated rings. The molecule has 94 valence electrons. The number of hydrogen-bond donors (Lipinski definition) is 1. The van der Waals surface area contributed by atoms with Gasteiger partial charge in [0.05, 0.1) is 0 Å². The molecule has 0 saturated carbocycles. The Morgan fingerprint density at radius 2 is 2.00 bits per heavy atom. The van der Waals surface area contributed by atoms with Gasteiger partial charge >= 0.3 is 0 Å². The number of nitrogens with one attached hydrogen (secondary N) is 1. The highest BCUT2D eigenvalue weighted by atomic mass is 32.2. The largest absolute Gasteiger partial charge is 0.308 e. The zero-order valence-electron chi connectivity index (χ0n) is 11.1. The van der Waals surface area contributed by atoms with Gasteiger partial charge in [-0.1, -0.05) is 45.0 Å². The first-order valence-corrected chi connectivity index (χ1v) is 7.64. The Kier molecular flexibility index (Phi) is 4.52. The minimum atomic E-state index is 0.546. The molecule has 1 nitrogen and oxygen atoms in total. The standard InChI is InChI=1S/C15H23NS/c1-11(2)8-13-4-6-14(7-5-13)15-10-17-12(3)9-16-15/h4-7,11-12,15-16H,8-10H2,1-3H3.